The van der Waals surface area contributed by atoms with Crippen LogP contribution in [0.4, 0.5) is 16.2 Å². The van der Waals surface area contributed by atoms with Crippen molar-refractivity contribution in [3.8, 4) is 11.5 Å². The Morgan fingerprint density at radius 3 is 2.18 bits per heavy atom. The largest absolute Gasteiger partial charge is 0.465 e. The maximum Gasteiger partial charge on any atom is 0.409 e. The number of carboxylic acid groups (broad SMARTS) is 1. The van der Waals surface area contributed by atoms with Gasteiger partial charge in [-0.05, 0) is 24.3 Å². The molecule has 0 aliphatic rings. The van der Waals surface area contributed by atoms with Gasteiger partial charge in [-0.2, -0.15) is 0 Å². The first-order valence-corrected chi connectivity index (χ1v) is 6.53. The molecule has 0 saturated carbocycles. The van der Waals surface area contributed by atoms with Crippen LogP contribution in [0.5, 0.6) is 11.5 Å². The van der Waals surface area contributed by atoms with Crippen molar-refractivity contribution < 1.29 is 19.6 Å². The fraction of sp³-hybridized carbons (Fsp3) is 0. The molecule has 0 atom stereocenters. The van der Waals surface area contributed by atoms with Crippen molar-refractivity contribution in [1.29, 1.82) is 0 Å². The van der Waals surface area contributed by atoms with Crippen molar-refractivity contribution in [2.45, 2.75) is 0 Å². The van der Waals surface area contributed by atoms with Crippen LogP contribution in [0.25, 0.3) is 0 Å². The topological polar surface area (TPSA) is 102 Å². The minimum absolute atomic E-state index is 0.0782. The SMILES string of the molecule is O=C(O)Nc1cc(Cl)c(Oc2ccc([N+](=O)[O-])cc2)c(Cl)c1. The van der Waals surface area contributed by atoms with Crippen LogP contribution in [-0.4, -0.2) is 16.1 Å². The summed E-state index contributed by atoms with van der Waals surface area (Å²) in [4.78, 5) is 20.6. The molecule has 0 unspecified atom stereocenters. The van der Waals surface area contributed by atoms with Crippen molar-refractivity contribution >= 4 is 40.7 Å². The molecule has 0 radical (unpaired) electrons. The lowest BCUT2D eigenvalue weighted by atomic mass is 10.3. The molecule has 0 aromatic heterocycles. The average Bonchev–Trinajstić information content (AvgIpc) is 2.42. The highest BCUT2D eigenvalue weighted by atomic mass is 35.5. The smallest absolute Gasteiger partial charge is 0.409 e. The number of hydrogen-bond donors (Lipinski definition) is 2. The Morgan fingerprint density at radius 1 is 1.18 bits per heavy atom. The molecule has 7 nitrogen and oxygen atoms in total. The molecule has 0 saturated heterocycles. The lowest BCUT2D eigenvalue weighted by Gasteiger charge is -2.11. The number of non-ortho nitro benzene ring substituents is 1. The Kier molecular flexibility index (Phi) is 4.69. The first-order chi connectivity index (χ1) is 10.4. The van der Waals surface area contributed by atoms with Gasteiger partial charge in [-0.15, -0.1) is 0 Å². The van der Waals surface area contributed by atoms with Crippen LogP contribution < -0.4 is 10.1 Å². The van der Waals surface area contributed by atoms with Crippen LogP contribution in [0.15, 0.2) is 36.4 Å². The predicted octanol–water partition coefficient (Wildman–Crippen LogP) is 4.78. The summed E-state index contributed by atoms with van der Waals surface area (Å²) in [6.45, 7) is 0. The molecule has 0 heterocycles. The molecule has 1 amide bonds. The number of amides is 1. The second-order valence-electron chi connectivity index (χ2n) is 4.05. The fourth-order valence-corrected chi connectivity index (χ4v) is 2.17. The number of benzene rings is 2. The summed E-state index contributed by atoms with van der Waals surface area (Å²) in [5.74, 6) is 0.418. The quantitative estimate of drug-likeness (QED) is 0.614. The molecule has 2 N–H and O–H groups in total. The summed E-state index contributed by atoms with van der Waals surface area (Å²) in [5, 5.41) is 21.5. The number of nitrogens with zero attached hydrogens (tertiary/aromatic N) is 1. The third-order valence-electron chi connectivity index (χ3n) is 2.52. The maximum absolute atomic E-state index is 10.6. The average molecular weight is 343 g/mol. The van der Waals surface area contributed by atoms with Gasteiger partial charge in [0.15, 0.2) is 5.75 Å². The van der Waals surface area contributed by atoms with Gasteiger partial charge in [0.25, 0.3) is 5.69 Å². The highest BCUT2D eigenvalue weighted by Gasteiger charge is 2.13. The third kappa shape index (κ3) is 3.78. The third-order valence-corrected chi connectivity index (χ3v) is 3.08. The number of rotatable bonds is 4. The molecule has 2 rings (SSSR count). The molecule has 22 heavy (non-hydrogen) atoms. The number of nitrogens with one attached hydrogen (secondary N) is 1. The summed E-state index contributed by atoms with van der Waals surface area (Å²) < 4.78 is 5.47. The summed E-state index contributed by atoms with van der Waals surface area (Å²) >= 11 is 12.0. The molecular weight excluding hydrogens is 335 g/mol. The molecule has 114 valence electrons. The van der Waals surface area contributed by atoms with Gasteiger partial charge in [-0.1, -0.05) is 23.2 Å². The van der Waals surface area contributed by atoms with Gasteiger partial charge in [0.05, 0.1) is 15.0 Å². The molecule has 0 aliphatic heterocycles. The Balaban J connectivity index is 2.25. The fourth-order valence-electron chi connectivity index (χ4n) is 1.61. The summed E-state index contributed by atoms with van der Waals surface area (Å²) in [5.41, 5.74) is 0.115. The molecule has 0 fully saturated rings. The Morgan fingerprint density at radius 2 is 1.73 bits per heavy atom. The predicted molar refractivity (Wildman–Crippen MR) is 81.3 cm³/mol. The van der Waals surface area contributed by atoms with E-state index in [4.69, 9.17) is 33.0 Å². The van der Waals surface area contributed by atoms with E-state index < -0.39 is 11.0 Å². The first-order valence-electron chi connectivity index (χ1n) is 5.78. The molecule has 0 aliphatic carbocycles. The summed E-state index contributed by atoms with van der Waals surface area (Å²) in [7, 11) is 0. The normalized spacial score (nSPS) is 10.1. The molecule has 0 spiro atoms. The highest BCUT2D eigenvalue weighted by molar-refractivity contribution is 6.37. The second-order valence-corrected chi connectivity index (χ2v) is 4.87. The van der Waals surface area contributed by atoms with Gasteiger partial charge in [0.1, 0.15) is 5.75 Å². The minimum Gasteiger partial charge on any atom is -0.465 e. The van der Waals surface area contributed by atoms with Gasteiger partial charge >= 0.3 is 6.09 Å². The zero-order chi connectivity index (χ0) is 16.3. The number of halogens is 2. The molecule has 2 aromatic rings. The van der Waals surface area contributed by atoms with E-state index in [2.05, 4.69) is 5.32 Å². The van der Waals surface area contributed by atoms with E-state index in [0.717, 1.165) is 0 Å². The zero-order valence-electron chi connectivity index (χ0n) is 10.7. The summed E-state index contributed by atoms with van der Waals surface area (Å²) in [6, 6.07) is 8.02. The van der Waals surface area contributed by atoms with E-state index in [1.807, 2.05) is 0 Å². The first kappa shape index (κ1) is 15.9. The monoisotopic (exact) mass is 342 g/mol. The number of nitro groups is 1. The van der Waals surface area contributed by atoms with E-state index in [-0.39, 0.29) is 27.2 Å². The van der Waals surface area contributed by atoms with Gasteiger partial charge in [0, 0.05) is 17.8 Å². The summed E-state index contributed by atoms with van der Waals surface area (Å²) in [6.07, 6.45) is -1.25. The van der Waals surface area contributed by atoms with Crippen LogP contribution in [-0.2, 0) is 0 Å². The van der Waals surface area contributed by atoms with Crippen LogP contribution in [0.2, 0.25) is 10.0 Å². The standard InChI is InChI=1S/C13H8Cl2N2O5/c14-10-5-7(16-13(18)19)6-11(15)12(10)22-9-3-1-8(2-4-9)17(20)21/h1-6,16H,(H,18,19). The van der Waals surface area contributed by atoms with Crippen molar-refractivity contribution in [2.24, 2.45) is 0 Å². The second kappa shape index (κ2) is 6.50. The minimum atomic E-state index is -1.25. The van der Waals surface area contributed by atoms with Crippen LogP contribution in [0.1, 0.15) is 0 Å². The van der Waals surface area contributed by atoms with Gasteiger partial charge in [-0.3, -0.25) is 15.4 Å². The van der Waals surface area contributed by atoms with E-state index >= 15 is 0 Å². The lowest BCUT2D eigenvalue weighted by molar-refractivity contribution is -0.384. The number of hydrogen-bond acceptors (Lipinski definition) is 4. The molecule has 2 aromatic carbocycles. The van der Waals surface area contributed by atoms with Gasteiger partial charge in [0.2, 0.25) is 0 Å². The Hall–Kier alpha value is -2.51. The van der Waals surface area contributed by atoms with E-state index in [9.17, 15) is 14.9 Å². The van der Waals surface area contributed by atoms with Gasteiger partial charge < -0.3 is 9.84 Å². The van der Waals surface area contributed by atoms with Gasteiger partial charge in [-0.25, -0.2) is 4.79 Å². The van der Waals surface area contributed by atoms with Crippen molar-refractivity contribution in [2.75, 3.05) is 5.32 Å². The zero-order valence-corrected chi connectivity index (χ0v) is 12.3. The molecule has 0 bridgehead atoms. The van der Waals surface area contributed by atoms with Crippen molar-refractivity contribution in [1.82, 2.24) is 0 Å². The number of anilines is 1. The van der Waals surface area contributed by atoms with E-state index in [0.29, 0.717) is 5.75 Å². The lowest BCUT2D eigenvalue weighted by Crippen LogP contribution is -2.07. The number of nitro benzene ring substituents is 1. The Labute approximate surface area is 134 Å². The maximum atomic E-state index is 10.6. The number of ether oxygens (including phenoxy) is 1. The van der Waals surface area contributed by atoms with E-state index in [1.165, 1.54) is 36.4 Å². The molecular formula is C13H8Cl2N2O5. The van der Waals surface area contributed by atoms with Crippen LogP contribution >= 0.6 is 23.2 Å². The van der Waals surface area contributed by atoms with Crippen molar-refractivity contribution in [3.05, 3.63) is 56.6 Å². The number of carbonyl (C=O) groups is 1. The van der Waals surface area contributed by atoms with E-state index in [1.54, 1.807) is 0 Å². The Bertz CT molecular complexity index is 711. The van der Waals surface area contributed by atoms with Crippen molar-refractivity contribution in [3.63, 3.8) is 0 Å². The molecule has 9 heteroatoms. The van der Waals surface area contributed by atoms with Crippen LogP contribution in [0.3, 0.4) is 0 Å². The van der Waals surface area contributed by atoms with Crippen LogP contribution in [0, 0.1) is 10.1 Å². The highest BCUT2D eigenvalue weighted by Crippen LogP contribution is 2.39.